The maximum Gasteiger partial charge on any atom is 0.227 e. The van der Waals surface area contributed by atoms with Crippen LogP contribution in [0.2, 0.25) is 0 Å². The van der Waals surface area contributed by atoms with Gasteiger partial charge in [-0.3, -0.25) is 9.59 Å². The lowest BCUT2D eigenvalue weighted by Gasteiger charge is -2.16. The molecule has 148 valence electrons. The maximum atomic E-state index is 12.3. The van der Waals surface area contributed by atoms with Gasteiger partial charge in [-0.05, 0) is 49.1 Å². The lowest BCUT2D eigenvalue weighted by atomic mass is 10.1. The molecule has 0 aliphatic carbocycles. The summed E-state index contributed by atoms with van der Waals surface area (Å²) in [4.78, 5) is 25.9. The third-order valence-electron chi connectivity index (χ3n) is 4.75. The highest BCUT2D eigenvalue weighted by atomic mass is 16.5. The van der Waals surface area contributed by atoms with Crippen molar-refractivity contribution < 1.29 is 14.3 Å². The third-order valence-corrected chi connectivity index (χ3v) is 4.75. The summed E-state index contributed by atoms with van der Waals surface area (Å²) in [6.45, 7) is 5.87. The Morgan fingerprint density at radius 3 is 2.54 bits per heavy atom. The van der Waals surface area contributed by atoms with E-state index < -0.39 is 0 Å². The van der Waals surface area contributed by atoms with Gasteiger partial charge in [0.1, 0.15) is 0 Å². The Hall–Kier alpha value is -2.66. The maximum absolute atomic E-state index is 12.3. The summed E-state index contributed by atoms with van der Waals surface area (Å²) in [7, 11) is 0. The number of carbonyl (C=O) groups is 2. The number of anilines is 1. The van der Waals surface area contributed by atoms with Crippen molar-refractivity contribution in [3.05, 3.63) is 65.2 Å². The Morgan fingerprint density at radius 2 is 1.86 bits per heavy atom. The molecule has 1 aliphatic rings. The summed E-state index contributed by atoms with van der Waals surface area (Å²) in [6.07, 6.45) is 2.05. The predicted octanol–water partition coefficient (Wildman–Crippen LogP) is 3.60. The monoisotopic (exact) mass is 380 g/mol. The van der Waals surface area contributed by atoms with Crippen LogP contribution in [0.25, 0.3) is 0 Å². The van der Waals surface area contributed by atoms with Crippen LogP contribution in [0.4, 0.5) is 5.69 Å². The number of amides is 2. The number of nitrogens with zero attached hydrogens (tertiary/aromatic N) is 1. The van der Waals surface area contributed by atoms with E-state index in [1.807, 2.05) is 56.3 Å². The molecule has 1 heterocycles. The minimum absolute atomic E-state index is 0.0196. The zero-order valence-electron chi connectivity index (χ0n) is 16.6. The SMILES string of the molecule is CC(C)OCc1cccc(CNC(=O)Cc2ccc(N3CCCC3=O)cc2)c1. The third kappa shape index (κ3) is 5.67. The highest BCUT2D eigenvalue weighted by molar-refractivity contribution is 5.95. The van der Waals surface area contributed by atoms with Crippen LogP contribution >= 0.6 is 0 Å². The van der Waals surface area contributed by atoms with Crippen LogP contribution in [-0.4, -0.2) is 24.5 Å². The molecule has 2 aromatic carbocycles. The quantitative estimate of drug-likeness (QED) is 0.761. The lowest BCUT2D eigenvalue weighted by molar-refractivity contribution is -0.120. The largest absolute Gasteiger partial charge is 0.374 e. The summed E-state index contributed by atoms with van der Waals surface area (Å²) < 4.78 is 5.63. The van der Waals surface area contributed by atoms with Gasteiger partial charge in [0.2, 0.25) is 11.8 Å². The van der Waals surface area contributed by atoms with Gasteiger partial charge in [-0.1, -0.05) is 36.4 Å². The molecule has 5 heteroatoms. The standard InChI is InChI=1S/C23H28N2O3/c1-17(2)28-16-20-6-3-5-19(13-20)15-24-22(26)14-18-8-10-21(11-9-18)25-12-4-7-23(25)27/h3,5-6,8-11,13,17H,4,7,12,14-16H2,1-2H3,(H,24,26). The molecular weight excluding hydrogens is 352 g/mol. The van der Waals surface area contributed by atoms with Crippen LogP contribution < -0.4 is 10.2 Å². The number of rotatable bonds is 8. The molecule has 0 saturated carbocycles. The van der Waals surface area contributed by atoms with Crippen molar-refractivity contribution in [3.63, 3.8) is 0 Å². The van der Waals surface area contributed by atoms with E-state index in [0.717, 1.165) is 35.3 Å². The molecule has 5 nitrogen and oxygen atoms in total. The van der Waals surface area contributed by atoms with E-state index >= 15 is 0 Å². The first-order chi connectivity index (χ1) is 13.5. The molecule has 0 bridgehead atoms. The molecule has 28 heavy (non-hydrogen) atoms. The van der Waals surface area contributed by atoms with Gasteiger partial charge in [0.25, 0.3) is 0 Å². The number of hydrogen-bond acceptors (Lipinski definition) is 3. The van der Waals surface area contributed by atoms with Crippen molar-refractivity contribution in [1.29, 1.82) is 0 Å². The second-order valence-corrected chi connectivity index (χ2v) is 7.45. The van der Waals surface area contributed by atoms with E-state index in [1.165, 1.54) is 0 Å². The molecule has 0 spiro atoms. The zero-order valence-corrected chi connectivity index (χ0v) is 16.6. The number of benzene rings is 2. The van der Waals surface area contributed by atoms with Crippen LogP contribution in [0.1, 0.15) is 43.4 Å². The summed E-state index contributed by atoms with van der Waals surface area (Å²) in [6, 6.07) is 15.8. The molecule has 1 aliphatic heterocycles. The predicted molar refractivity (Wildman–Crippen MR) is 110 cm³/mol. The van der Waals surface area contributed by atoms with Gasteiger partial charge in [-0.15, -0.1) is 0 Å². The van der Waals surface area contributed by atoms with Gasteiger partial charge < -0.3 is 15.0 Å². The van der Waals surface area contributed by atoms with Crippen molar-refractivity contribution in [3.8, 4) is 0 Å². The van der Waals surface area contributed by atoms with Crippen LogP contribution in [0.5, 0.6) is 0 Å². The fourth-order valence-corrected chi connectivity index (χ4v) is 3.26. The average molecular weight is 380 g/mol. The Kier molecular flexibility index (Phi) is 6.82. The van der Waals surface area contributed by atoms with Crippen LogP contribution in [0.15, 0.2) is 48.5 Å². The fourth-order valence-electron chi connectivity index (χ4n) is 3.26. The highest BCUT2D eigenvalue weighted by Crippen LogP contribution is 2.21. The normalized spacial score (nSPS) is 14.0. The molecule has 0 unspecified atom stereocenters. The smallest absolute Gasteiger partial charge is 0.227 e. The van der Waals surface area contributed by atoms with Gasteiger partial charge >= 0.3 is 0 Å². The average Bonchev–Trinajstić information content (AvgIpc) is 3.12. The van der Waals surface area contributed by atoms with Crippen molar-refractivity contribution in [2.75, 3.05) is 11.4 Å². The van der Waals surface area contributed by atoms with Gasteiger partial charge in [0.05, 0.1) is 19.1 Å². The first kappa shape index (κ1) is 20.1. The fraction of sp³-hybridized carbons (Fsp3) is 0.391. The Balaban J connectivity index is 1.49. The summed E-state index contributed by atoms with van der Waals surface area (Å²) >= 11 is 0. The molecule has 1 saturated heterocycles. The Labute approximate surface area is 166 Å². The first-order valence-electron chi connectivity index (χ1n) is 9.86. The van der Waals surface area contributed by atoms with E-state index in [2.05, 4.69) is 11.4 Å². The second-order valence-electron chi connectivity index (χ2n) is 7.45. The lowest BCUT2D eigenvalue weighted by Crippen LogP contribution is -2.25. The summed E-state index contributed by atoms with van der Waals surface area (Å²) in [5.41, 5.74) is 4.01. The number of nitrogens with one attached hydrogen (secondary N) is 1. The highest BCUT2D eigenvalue weighted by Gasteiger charge is 2.21. The molecule has 1 N–H and O–H groups in total. The summed E-state index contributed by atoms with van der Waals surface area (Å²) in [5.74, 6) is 0.153. The molecule has 2 amide bonds. The first-order valence-corrected chi connectivity index (χ1v) is 9.86. The Bertz CT molecular complexity index is 815. The number of ether oxygens (including phenoxy) is 1. The van der Waals surface area contributed by atoms with Gasteiger partial charge in [-0.2, -0.15) is 0 Å². The molecule has 0 aromatic heterocycles. The molecular formula is C23H28N2O3. The molecule has 2 aromatic rings. The van der Waals surface area contributed by atoms with E-state index in [1.54, 1.807) is 4.90 Å². The van der Waals surface area contributed by atoms with Gasteiger partial charge in [-0.25, -0.2) is 0 Å². The van der Waals surface area contributed by atoms with Crippen LogP contribution in [0, 0.1) is 0 Å². The molecule has 0 atom stereocenters. The van der Waals surface area contributed by atoms with Gasteiger partial charge in [0, 0.05) is 25.2 Å². The summed E-state index contributed by atoms with van der Waals surface area (Å²) in [5, 5.41) is 2.97. The van der Waals surface area contributed by atoms with Crippen molar-refractivity contribution in [2.45, 2.75) is 52.4 Å². The van der Waals surface area contributed by atoms with E-state index in [4.69, 9.17) is 4.74 Å². The minimum atomic E-state index is -0.0196. The zero-order chi connectivity index (χ0) is 19.9. The number of carbonyl (C=O) groups excluding carboxylic acids is 2. The molecule has 1 fully saturated rings. The second kappa shape index (κ2) is 9.51. The van der Waals surface area contributed by atoms with Gasteiger partial charge in [0.15, 0.2) is 0 Å². The van der Waals surface area contributed by atoms with E-state index in [0.29, 0.717) is 26.0 Å². The minimum Gasteiger partial charge on any atom is -0.374 e. The van der Waals surface area contributed by atoms with Crippen molar-refractivity contribution in [2.24, 2.45) is 0 Å². The van der Waals surface area contributed by atoms with Crippen molar-refractivity contribution in [1.82, 2.24) is 5.32 Å². The van der Waals surface area contributed by atoms with Crippen LogP contribution in [0.3, 0.4) is 0 Å². The van der Waals surface area contributed by atoms with Crippen LogP contribution in [-0.2, 0) is 33.9 Å². The molecule has 3 rings (SSSR count). The van der Waals surface area contributed by atoms with E-state index in [-0.39, 0.29) is 17.9 Å². The molecule has 0 radical (unpaired) electrons. The Morgan fingerprint density at radius 1 is 1.11 bits per heavy atom. The van der Waals surface area contributed by atoms with Crippen molar-refractivity contribution >= 4 is 17.5 Å². The number of hydrogen-bond donors (Lipinski definition) is 1. The topological polar surface area (TPSA) is 58.6 Å². The van der Waals surface area contributed by atoms with E-state index in [9.17, 15) is 9.59 Å².